The monoisotopic (exact) mass is 316 g/mol. The van der Waals surface area contributed by atoms with Gasteiger partial charge < -0.3 is 14.6 Å². The maximum absolute atomic E-state index is 10.2. The van der Waals surface area contributed by atoms with Gasteiger partial charge in [0, 0.05) is 25.0 Å². The molecule has 1 aliphatic carbocycles. The molecular formula is C18H24N2O3. The van der Waals surface area contributed by atoms with E-state index in [9.17, 15) is 5.11 Å². The number of hydrogen-bond donors (Lipinski definition) is 1. The number of rotatable bonds is 5. The SMILES string of the molecule is N#Cc1ccc(OCCN2CCOCC2C2CCCC2O)cc1. The van der Waals surface area contributed by atoms with Crippen LogP contribution in [0.1, 0.15) is 24.8 Å². The Morgan fingerprint density at radius 1 is 1.30 bits per heavy atom. The number of aliphatic hydroxyl groups excluding tert-OH is 1. The summed E-state index contributed by atoms with van der Waals surface area (Å²) in [7, 11) is 0. The first-order valence-corrected chi connectivity index (χ1v) is 8.41. The van der Waals surface area contributed by atoms with Crippen molar-refractivity contribution in [2.45, 2.75) is 31.4 Å². The number of hydrogen-bond acceptors (Lipinski definition) is 5. The molecule has 3 rings (SSSR count). The number of aliphatic hydroxyl groups is 1. The summed E-state index contributed by atoms with van der Waals surface area (Å²) >= 11 is 0. The second-order valence-corrected chi connectivity index (χ2v) is 6.32. The summed E-state index contributed by atoms with van der Waals surface area (Å²) in [5.74, 6) is 1.11. The number of benzene rings is 1. The lowest BCUT2D eigenvalue weighted by Gasteiger charge is -2.40. The van der Waals surface area contributed by atoms with Crippen LogP contribution in [0.3, 0.4) is 0 Å². The smallest absolute Gasteiger partial charge is 0.119 e. The Balaban J connectivity index is 1.51. The Morgan fingerprint density at radius 2 is 2.13 bits per heavy atom. The van der Waals surface area contributed by atoms with E-state index in [-0.39, 0.29) is 6.10 Å². The van der Waals surface area contributed by atoms with Gasteiger partial charge in [-0.05, 0) is 37.1 Å². The average Bonchev–Trinajstić information content (AvgIpc) is 3.02. The van der Waals surface area contributed by atoms with Gasteiger partial charge in [-0.15, -0.1) is 0 Å². The highest BCUT2D eigenvalue weighted by molar-refractivity contribution is 5.34. The summed E-state index contributed by atoms with van der Waals surface area (Å²) in [6.45, 7) is 3.78. The van der Waals surface area contributed by atoms with Gasteiger partial charge in [0.15, 0.2) is 0 Å². The molecule has 5 nitrogen and oxygen atoms in total. The highest BCUT2D eigenvalue weighted by Gasteiger charge is 2.37. The lowest BCUT2D eigenvalue weighted by atomic mass is 9.94. The predicted octanol–water partition coefficient (Wildman–Crippen LogP) is 1.80. The van der Waals surface area contributed by atoms with Crippen molar-refractivity contribution in [3.05, 3.63) is 29.8 Å². The van der Waals surface area contributed by atoms with Gasteiger partial charge >= 0.3 is 0 Å². The fourth-order valence-corrected chi connectivity index (χ4v) is 3.65. The van der Waals surface area contributed by atoms with E-state index in [4.69, 9.17) is 14.7 Å². The van der Waals surface area contributed by atoms with Gasteiger partial charge in [-0.2, -0.15) is 5.26 Å². The third kappa shape index (κ3) is 4.03. The van der Waals surface area contributed by atoms with Crippen LogP contribution in [0.5, 0.6) is 5.75 Å². The Bertz CT molecular complexity index is 540. The highest BCUT2D eigenvalue weighted by Crippen LogP contribution is 2.32. The fourth-order valence-electron chi connectivity index (χ4n) is 3.65. The molecule has 1 aromatic rings. The van der Waals surface area contributed by atoms with Crippen molar-refractivity contribution < 1.29 is 14.6 Å². The molecule has 0 spiro atoms. The molecule has 0 amide bonds. The third-order valence-corrected chi connectivity index (χ3v) is 4.94. The van der Waals surface area contributed by atoms with Gasteiger partial charge in [0.2, 0.25) is 0 Å². The standard InChI is InChI=1S/C18H24N2O3/c19-12-14-4-6-15(7-5-14)23-11-9-20-8-10-22-13-17(20)16-2-1-3-18(16)21/h4-7,16-18,21H,1-3,8-11,13H2. The van der Waals surface area contributed by atoms with Gasteiger partial charge in [-0.1, -0.05) is 6.42 Å². The molecule has 0 bridgehead atoms. The molecule has 124 valence electrons. The molecule has 3 atom stereocenters. The number of nitrogens with zero attached hydrogens (tertiary/aromatic N) is 2. The van der Waals surface area contributed by atoms with E-state index < -0.39 is 0 Å². The van der Waals surface area contributed by atoms with Crippen molar-refractivity contribution in [1.29, 1.82) is 5.26 Å². The minimum Gasteiger partial charge on any atom is -0.492 e. The zero-order valence-electron chi connectivity index (χ0n) is 13.4. The largest absolute Gasteiger partial charge is 0.492 e. The van der Waals surface area contributed by atoms with Crippen LogP contribution >= 0.6 is 0 Å². The summed E-state index contributed by atoms with van der Waals surface area (Å²) in [4.78, 5) is 2.40. The van der Waals surface area contributed by atoms with Crippen molar-refractivity contribution in [3.63, 3.8) is 0 Å². The molecule has 0 aromatic heterocycles. The average molecular weight is 316 g/mol. The first kappa shape index (κ1) is 16.3. The Hall–Kier alpha value is -1.61. The molecule has 1 N–H and O–H groups in total. The maximum Gasteiger partial charge on any atom is 0.119 e. The summed E-state index contributed by atoms with van der Waals surface area (Å²) in [5.41, 5.74) is 0.640. The summed E-state index contributed by atoms with van der Waals surface area (Å²) in [6.07, 6.45) is 2.92. The predicted molar refractivity (Wildman–Crippen MR) is 86.2 cm³/mol. The van der Waals surface area contributed by atoms with E-state index in [1.807, 2.05) is 12.1 Å². The Labute approximate surface area is 137 Å². The first-order valence-electron chi connectivity index (χ1n) is 8.41. The van der Waals surface area contributed by atoms with Crippen LogP contribution in [0.25, 0.3) is 0 Å². The van der Waals surface area contributed by atoms with Crippen molar-refractivity contribution in [2.24, 2.45) is 5.92 Å². The molecule has 1 saturated heterocycles. The molecule has 5 heteroatoms. The molecule has 23 heavy (non-hydrogen) atoms. The number of nitriles is 1. The molecule has 1 aromatic carbocycles. The molecule has 1 heterocycles. The highest BCUT2D eigenvalue weighted by atomic mass is 16.5. The second kappa shape index (κ2) is 7.78. The van der Waals surface area contributed by atoms with E-state index >= 15 is 0 Å². The van der Waals surface area contributed by atoms with E-state index in [2.05, 4.69) is 11.0 Å². The van der Waals surface area contributed by atoms with Gasteiger partial charge in [0.1, 0.15) is 12.4 Å². The molecular weight excluding hydrogens is 292 g/mol. The number of morpholine rings is 1. The van der Waals surface area contributed by atoms with E-state index in [0.29, 0.717) is 30.7 Å². The maximum atomic E-state index is 10.2. The normalized spacial score (nSPS) is 28.4. The van der Waals surface area contributed by atoms with Gasteiger partial charge in [0.25, 0.3) is 0 Å². The van der Waals surface area contributed by atoms with E-state index in [0.717, 1.165) is 44.7 Å². The number of ether oxygens (including phenoxy) is 2. The van der Waals surface area contributed by atoms with Crippen LogP contribution in [0, 0.1) is 17.2 Å². The van der Waals surface area contributed by atoms with E-state index in [1.54, 1.807) is 12.1 Å². The molecule has 0 radical (unpaired) electrons. The van der Waals surface area contributed by atoms with Crippen LogP contribution in [-0.2, 0) is 4.74 Å². The van der Waals surface area contributed by atoms with Crippen LogP contribution in [-0.4, -0.2) is 55.1 Å². The van der Waals surface area contributed by atoms with Gasteiger partial charge in [-0.3, -0.25) is 4.90 Å². The third-order valence-electron chi connectivity index (χ3n) is 4.94. The molecule has 3 unspecified atom stereocenters. The zero-order valence-corrected chi connectivity index (χ0v) is 13.4. The van der Waals surface area contributed by atoms with Gasteiger partial charge in [-0.25, -0.2) is 0 Å². The lowest BCUT2D eigenvalue weighted by Crippen LogP contribution is -2.52. The Morgan fingerprint density at radius 3 is 2.83 bits per heavy atom. The van der Waals surface area contributed by atoms with Crippen molar-refractivity contribution in [2.75, 3.05) is 32.9 Å². The van der Waals surface area contributed by atoms with Crippen molar-refractivity contribution in [1.82, 2.24) is 4.90 Å². The summed E-state index contributed by atoms with van der Waals surface area (Å²) < 4.78 is 11.4. The molecule has 1 aliphatic heterocycles. The van der Waals surface area contributed by atoms with E-state index in [1.165, 1.54) is 0 Å². The minimum atomic E-state index is -0.191. The second-order valence-electron chi connectivity index (χ2n) is 6.32. The lowest BCUT2D eigenvalue weighted by molar-refractivity contribution is -0.0532. The molecule has 2 fully saturated rings. The quantitative estimate of drug-likeness (QED) is 0.897. The first-order chi connectivity index (χ1) is 11.3. The molecule has 2 aliphatic rings. The molecule has 1 saturated carbocycles. The zero-order chi connectivity index (χ0) is 16.1. The van der Waals surface area contributed by atoms with Gasteiger partial charge in [0.05, 0.1) is 31.0 Å². The van der Waals surface area contributed by atoms with Crippen LogP contribution in [0.4, 0.5) is 0 Å². The summed E-state index contributed by atoms with van der Waals surface area (Å²) in [6, 6.07) is 9.59. The van der Waals surface area contributed by atoms with Crippen LogP contribution in [0.15, 0.2) is 24.3 Å². The van der Waals surface area contributed by atoms with Crippen LogP contribution < -0.4 is 4.74 Å². The summed E-state index contributed by atoms with van der Waals surface area (Å²) in [5, 5.41) is 19.0. The van der Waals surface area contributed by atoms with Crippen molar-refractivity contribution >= 4 is 0 Å². The topological polar surface area (TPSA) is 65.7 Å². The van der Waals surface area contributed by atoms with Crippen molar-refractivity contribution in [3.8, 4) is 11.8 Å². The minimum absolute atomic E-state index is 0.191. The Kier molecular flexibility index (Phi) is 5.50. The van der Waals surface area contributed by atoms with Crippen LogP contribution in [0.2, 0.25) is 0 Å². The fraction of sp³-hybridized carbons (Fsp3) is 0.611.